The van der Waals surface area contributed by atoms with Crippen LogP contribution in [0.5, 0.6) is 5.75 Å². The summed E-state index contributed by atoms with van der Waals surface area (Å²) in [6.07, 6.45) is 0. The van der Waals surface area contributed by atoms with Crippen LogP contribution in [-0.4, -0.2) is 8.42 Å². The quantitative estimate of drug-likeness (QED) is 0.436. The Labute approximate surface area is 148 Å². The number of fused-ring (bicyclic) bond motifs is 1. The number of hydrogen-bond donors (Lipinski definition) is 0. The van der Waals surface area contributed by atoms with Crippen LogP contribution in [0.25, 0.3) is 10.8 Å². The van der Waals surface area contributed by atoms with E-state index in [1.54, 1.807) is 24.3 Å². The van der Waals surface area contributed by atoms with Crippen molar-refractivity contribution in [2.75, 3.05) is 0 Å². The average molecular weight is 388 g/mol. The Balaban J connectivity index is 2.09. The lowest BCUT2D eigenvalue weighted by molar-refractivity contribution is 0.489. The minimum Gasteiger partial charge on any atom is -0.378 e. The Morgan fingerprint density at radius 1 is 0.783 bits per heavy atom. The Kier molecular flexibility index (Phi) is 4.43. The molecule has 23 heavy (non-hydrogen) atoms. The SMILES string of the molecule is O=S(=O)(Oc1cccc2ccccc12)c1cc(Cl)c(Cl)cc1Cl. The summed E-state index contributed by atoms with van der Waals surface area (Å²) in [4.78, 5) is -0.235. The van der Waals surface area contributed by atoms with E-state index in [1.807, 2.05) is 18.2 Å². The smallest absolute Gasteiger partial charge is 0.340 e. The zero-order valence-corrected chi connectivity index (χ0v) is 14.5. The van der Waals surface area contributed by atoms with E-state index in [9.17, 15) is 8.42 Å². The fourth-order valence-electron chi connectivity index (χ4n) is 2.13. The van der Waals surface area contributed by atoms with Gasteiger partial charge in [-0.15, -0.1) is 0 Å². The van der Waals surface area contributed by atoms with Gasteiger partial charge < -0.3 is 4.18 Å². The number of benzene rings is 3. The van der Waals surface area contributed by atoms with Crippen LogP contribution in [0, 0.1) is 0 Å². The fourth-order valence-corrected chi connectivity index (χ4v) is 4.05. The lowest BCUT2D eigenvalue weighted by Crippen LogP contribution is -2.10. The first-order valence-electron chi connectivity index (χ1n) is 6.45. The van der Waals surface area contributed by atoms with Crippen LogP contribution in [0.4, 0.5) is 0 Å². The molecule has 0 unspecified atom stereocenters. The third kappa shape index (κ3) is 3.26. The van der Waals surface area contributed by atoms with E-state index in [0.717, 1.165) is 5.39 Å². The van der Waals surface area contributed by atoms with Crippen molar-refractivity contribution in [2.24, 2.45) is 0 Å². The molecule has 118 valence electrons. The lowest BCUT2D eigenvalue weighted by Gasteiger charge is -2.11. The van der Waals surface area contributed by atoms with E-state index in [4.69, 9.17) is 39.0 Å². The first-order chi connectivity index (χ1) is 10.9. The van der Waals surface area contributed by atoms with E-state index in [-0.39, 0.29) is 25.7 Å². The molecule has 0 N–H and O–H groups in total. The molecule has 0 aromatic heterocycles. The summed E-state index contributed by atoms with van der Waals surface area (Å²) in [5.74, 6) is 0.213. The van der Waals surface area contributed by atoms with E-state index < -0.39 is 10.1 Å². The molecule has 3 aromatic carbocycles. The van der Waals surface area contributed by atoms with Gasteiger partial charge in [0.2, 0.25) is 0 Å². The van der Waals surface area contributed by atoms with Crippen LogP contribution in [0.2, 0.25) is 15.1 Å². The number of hydrogen-bond acceptors (Lipinski definition) is 3. The molecule has 0 radical (unpaired) electrons. The molecule has 0 aliphatic rings. The Morgan fingerprint density at radius 2 is 1.43 bits per heavy atom. The molecule has 0 saturated heterocycles. The van der Waals surface area contributed by atoms with Crippen molar-refractivity contribution >= 4 is 55.7 Å². The highest BCUT2D eigenvalue weighted by atomic mass is 35.5. The highest BCUT2D eigenvalue weighted by molar-refractivity contribution is 7.87. The second-order valence-corrected chi connectivity index (χ2v) is 7.45. The van der Waals surface area contributed by atoms with Crippen LogP contribution in [0.15, 0.2) is 59.5 Å². The van der Waals surface area contributed by atoms with Crippen LogP contribution in [0.1, 0.15) is 0 Å². The molecule has 3 nitrogen and oxygen atoms in total. The summed E-state index contributed by atoms with van der Waals surface area (Å²) in [6, 6.07) is 14.9. The monoisotopic (exact) mass is 386 g/mol. The van der Waals surface area contributed by atoms with Crippen molar-refractivity contribution < 1.29 is 12.6 Å². The summed E-state index contributed by atoms with van der Waals surface area (Å²) < 4.78 is 30.3. The molecule has 0 aliphatic carbocycles. The third-order valence-corrected chi connectivity index (χ3v) is 5.62. The van der Waals surface area contributed by atoms with Gasteiger partial charge in [-0.05, 0) is 23.6 Å². The Bertz CT molecular complexity index is 995. The standard InChI is InChI=1S/C16H9Cl3O3S/c17-12-8-14(19)16(9-13(12)18)23(20,21)22-15-7-3-5-10-4-1-2-6-11(10)15/h1-9H. The highest BCUT2D eigenvalue weighted by Crippen LogP contribution is 2.34. The molecule has 3 aromatic rings. The van der Waals surface area contributed by atoms with Gasteiger partial charge in [-0.1, -0.05) is 71.2 Å². The summed E-state index contributed by atoms with van der Waals surface area (Å²) >= 11 is 17.7. The minimum atomic E-state index is -4.15. The predicted molar refractivity (Wildman–Crippen MR) is 93.2 cm³/mol. The van der Waals surface area contributed by atoms with Gasteiger partial charge >= 0.3 is 10.1 Å². The van der Waals surface area contributed by atoms with Gasteiger partial charge in [0.1, 0.15) is 4.90 Å². The van der Waals surface area contributed by atoms with Crippen molar-refractivity contribution in [3.8, 4) is 5.75 Å². The maximum atomic E-state index is 12.5. The molecule has 0 aliphatic heterocycles. The van der Waals surface area contributed by atoms with Crippen LogP contribution in [-0.2, 0) is 10.1 Å². The van der Waals surface area contributed by atoms with E-state index >= 15 is 0 Å². The van der Waals surface area contributed by atoms with Gasteiger partial charge in [-0.2, -0.15) is 8.42 Å². The molecule has 3 rings (SSSR count). The predicted octanol–water partition coefficient (Wildman–Crippen LogP) is 5.57. The second kappa shape index (κ2) is 6.21. The van der Waals surface area contributed by atoms with E-state index in [2.05, 4.69) is 0 Å². The molecule has 7 heteroatoms. The first kappa shape index (κ1) is 16.4. The largest absolute Gasteiger partial charge is 0.378 e. The zero-order valence-electron chi connectivity index (χ0n) is 11.5. The molecule has 0 fully saturated rings. The number of rotatable bonds is 3. The summed E-state index contributed by atoms with van der Waals surface area (Å²) in [5, 5.41) is 1.73. The van der Waals surface area contributed by atoms with Crippen LogP contribution >= 0.6 is 34.8 Å². The molecule has 0 bridgehead atoms. The molecular formula is C16H9Cl3O3S. The normalized spacial score (nSPS) is 11.6. The van der Waals surface area contributed by atoms with Gasteiger partial charge in [-0.25, -0.2) is 0 Å². The van der Waals surface area contributed by atoms with Crippen LogP contribution < -0.4 is 4.18 Å². The number of halogens is 3. The summed E-state index contributed by atoms with van der Waals surface area (Å²) in [7, 11) is -4.15. The highest BCUT2D eigenvalue weighted by Gasteiger charge is 2.23. The third-order valence-electron chi connectivity index (χ3n) is 3.19. The van der Waals surface area contributed by atoms with Gasteiger partial charge in [0.05, 0.1) is 15.1 Å². The van der Waals surface area contributed by atoms with Gasteiger partial charge in [0.25, 0.3) is 0 Å². The van der Waals surface area contributed by atoms with E-state index in [0.29, 0.717) is 5.39 Å². The Hall–Kier alpha value is -1.46. The zero-order chi connectivity index (χ0) is 16.6. The van der Waals surface area contributed by atoms with Gasteiger partial charge in [0, 0.05) is 5.39 Å². The molecule has 0 spiro atoms. The van der Waals surface area contributed by atoms with Crippen molar-refractivity contribution in [1.82, 2.24) is 0 Å². The Morgan fingerprint density at radius 3 is 2.22 bits per heavy atom. The van der Waals surface area contributed by atoms with Crippen molar-refractivity contribution in [3.63, 3.8) is 0 Å². The van der Waals surface area contributed by atoms with Gasteiger partial charge in [-0.3, -0.25) is 0 Å². The summed E-state index contributed by atoms with van der Waals surface area (Å²) in [5.41, 5.74) is 0. The molecule has 0 amide bonds. The maximum absolute atomic E-state index is 12.5. The fraction of sp³-hybridized carbons (Fsp3) is 0. The minimum absolute atomic E-state index is 0.0559. The van der Waals surface area contributed by atoms with Crippen molar-refractivity contribution in [1.29, 1.82) is 0 Å². The van der Waals surface area contributed by atoms with Crippen LogP contribution in [0.3, 0.4) is 0 Å². The van der Waals surface area contributed by atoms with Gasteiger partial charge in [0.15, 0.2) is 5.75 Å². The lowest BCUT2D eigenvalue weighted by atomic mass is 10.1. The summed E-state index contributed by atoms with van der Waals surface area (Å²) in [6.45, 7) is 0. The maximum Gasteiger partial charge on any atom is 0.340 e. The average Bonchev–Trinajstić information content (AvgIpc) is 2.51. The second-order valence-electron chi connectivity index (χ2n) is 4.71. The van der Waals surface area contributed by atoms with Crippen molar-refractivity contribution in [2.45, 2.75) is 4.90 Å². The molecule has 0 heterocycles. The van der Waals surface area contributed by atoms with E-state index in [1.165, 1.54) is 12.1 Å². The molecule has 0 saturated carbocycles. The topological polar surface area (TPSA) is 43.4 Å². The van der Waals surface area contributed by atoms with Crippen molar-refractivity contribution in [3.05, 3.63) is 69.7 Å². The molecule has 0 atom stereocenters. The molecular weight excluding hydrogens is 379 g/mol. The first-order valence-corrected chi connectivity index (χ1v) is 8.99.